The maximum absolute atomic E-state index is 13.0. The first-order chi connectivity index (χ1) is 12.7. The zero-order valence-corrected chi connectivity index (χ0v) is 14.9. The van der Waals surface area contributed by atoms with Crippen LogP contribution in [-0.2, 0) is 12.7 Å². The smallest absolute Gasteiger partial charge is 0.292 e. The third-order valence-electron chi connectivity index (χ3n) is 5.05. The van der Waals surface area contributed by atoms with Gasteiger partial charge in [0.2, 0.25) is 0 Å². The summed E-state index contributed by atoms with van der Waals surface area (Å²) >= 11 is 0. The van der Waals surface area contributed by atoms with E-state index in [4.69, 9.17) is 0 Å². The highest BCUT2D eigenvalue weighted by molar-refractivity contribution is 5.85. The molecule has 1 aliphatic rings. The third-order valence-corrected chi connectivity index (χ3v) is 5.05. The summed E-state index contributed by atoms with van der Waals surface area (Å²) in [4.78, 5) is 17.1. The van der Waals surface area contributed by atoms with Gasteiger partial charge in [0.15, 0.2) is 0 Å². The fourth-order valence-corrected chi connectivity index (χ4v) is 3.39. The molecule has 0 saturated carbocycles. The number of aromatic nitrogens is 2. The van der Waals surface area contributed by atoms with Gasteiger partial charge in [-0.1, -0.05) is 18.2 Å². The van der Waals surface area contributed by atoms with Gasteiger partial charge in [0, 0.05) is 6.54 Å². The lowest BCUT2D eigenvalue weighted by Crippen LogP contribution is -2.21. The van der Waals surface area contributed by atoms with Crippen LogP contribution in [0.15, 0.2) is 41.2 Å². The lowest BCUT2D eigenvalue weighted by Gasteiger charge is -2.09. The van der Waals surface area contributed by atoms with Crippen molar-refractivity contribution >= 4 is 22.6 Å². The molecule has 2 aromatic carbocycles. The van der Waals surface area contributed by atoms with Crippen LogP contribution in [0.4, 0.5) is 13.2 Å². The quantitative estimate of drug-likeness (QED) is 0.606. The van der Waals surface area contributed by atoms with Gasteiger partial charge in [0.1, 0.15) is 5.82 Å². The van der Waals surface area contributed by atoms with E-state index in [9.17, 15) is 18.0 Å². The van der Waals surface area contributed by atoms with Gasteiger partial charge in [-0.3, -0.25) is 9.36 Å². The van der Waals surface area contributed by atoms with E-state index in [0.29, 0.717) is 18.8 Å². The van der Waals surface area contributed by atoms with Gasteiger partial charge in [-0.25, -0.2) is 4.98 Å². The summed E-state index contributed by atoms with van der Waals surface area (Å²) in [5.41, 5.74) is 3.16. The van der Waals surface area contributed by atoms with Gasteiger partial charge >= 0.3 is 6.18 Å². The maximum Gasteiger partial charge on any atom is 0.416 e. The van der Waals surface area contributed by atoms with E-state index in [0.717, 1.165) is 28.8 Å². The third kappa shape index (κ3) is 3.05. The topological polar surface area (TPSA) is 34.9 Å². The molecule has 138 valence electrons. The zero-order chi connectivity index (χ0) is 19.3. The van der Waals surface area contributed by atoms with Crippen LogP contribution in [0.2, 0.25) is 0 Å². The molecule has 0 amide bonds. The predicted molar refractivity (Wildman–Crippen MR) is 99.4 cm³/mol. The largest absolute Gasteiger partial charge is 0.416 e. The van der Waals surface area contributed by atoms with E-state index >= 15 is 0 Å². The molecule has 3 nitrogen and oxygen atoms in total. The average molecular weight is 370 g/mol. The van der Waals surface area contributed by atoms with Crippen LogP contribution in [0.25, 0.3) is 22.6 Å². The van der Waals surface area contributed by atoms with Crippen LogP contribution in [-0.4, -0.2) is 9.55 Å². The number of aryl methyl sites for hydroxylation is 2. The second-order valence-electron chi connectivity index (χ2n) is 6.89. The van der Waals surface area contributed by atoms with Crippen molar-refractivity contribution < 1.29 is 13.2 Å². The van der Waals surface area contributed by atoms with Crippen LogP contribution in [0.1, 0.15) is 34.5 Å². The zero-order valence-electron chi connectivity index (χ0n) is 14.9. The van der Waals surface area contributed by atoms with Crippen molar-refractivity contribution in [2.75, 3.05) is 0 Å². The van der Waals surface area contributed by atoms with Gasteiger partial charge in [0.05, 0.1) is 16.5 Å². The number of hydrogen-bond acceptors (Lipinski definition) is 2. The lowest BCUT2D eigenvalue weighted by atomic mass is 10.0. The number of rotatable bonds is 1. The normalized spacial score (nSPS) is 15.5. The lowest BCUT2D eigenvalue weighted by molar-refractivity contribution is -0.137. The highest BCUT2D eigenvalue weighted by atomic mass is 19.4. The monoisotopic (exact) mass is 370 g/mol. The number of alkyl halides is 3. The molecule has 0 radical (unpaired) electrons. The first-order valence-electron chi connectivity index (χ1n) is 8.64. The Morgan fingerprint density at radius 3 is 2.56 bits per heavy atom. The molecular formula is C21H17F3N2O. The number of nitrogens with zero attached hydrogens (tertiary/aromatic N) is 2. The number of allylic oxidation sites excluding steroid dienone is 1. The Morgan fingerprint density at radius 1 is 1.07 bits per heavy atom. The minimum atomic E-state index is -4.47. The SMILES string of the molecule is Cc1ccc(/C=C2\CCn3c2nc2cc(C(F)(F)F)ccc2c3=O)cc1C. The van der Waals surface area contributed by atoms with Gasteiger partial charge in [0.25, 0.3) is 5.56 Å². The number of benzene rings is 2. The summed E-state index contributed by atoms with van der Waals surface area (Å²) in [5, 5.41) is 0.208. The summed E-state index contributed by atoms with van der Waals surface area (Å²) in [6.07, 6.45) is -1.89. The molecule has 0 N–H and O–H groups in total. The molecular weight excluding hydrogens is 353 g/mol. The minimum Gasteiger partial charge on any atom is -0.292 e. The molecule has 6 heteroatoms. The van der Waals surface area contributed by atoms with E-state index in [1.54, 1.807) is 4.57 Å². The van der Waals surface area contributed by atoms with Crippen molar-refractivity contribution in [3.05, 3.63) is 74.8 Å². The van der Waals surface area contributed by atoms with Crippen LogP contribution < -0.4 is 5.56 Å². The molecule has 0 unspecified atom stereocenters. The first-order valence-corrected chi connectivity index (χ1v) is 8.64. The summed E-state index contributed by atoms with van der Waals surface area (Å²) in [5.74, 6) is 0.449. The van der Waals surface area contributed by atoms with E-state index in [1.165, 1.54) is 11.6 Å². The van der Waals surface area contributed by atoms with Crippen LogP contribution in [0.5, 0.6) is 0 Å². The van der Waals surface area contributed by atoms with Crippen molar-refractivity contribution in [2.24, 2.45) is 0 Å². The molecule has 0 fully saturated rings. The van der Waals surface area contributed by atoms with Crippen molar-refractivity contribution in [2.45, 2.75) is 33.0 Å². The number of halogens is 3. The Hall–Kier alpha value is -2.89. The Bertz CT molecular complexity index is 1160. The standard InChI is InChI=1S/C21H17F3N2O/c1-12-3-4-14(9-13(12)2)10-15-7-8-26-19(15)25-18-11-16(21(22,23)24)5-6-17(18)20(26)27/h3-6,9-11H,7-8H2,1-2H3/b15-10+. The molecule has 0 saturated heterocycles. The van der Waals surface area contributed by atoms with Gasteiger partial charge in [-0.2, -0.15) is 13.2 Å². The Morgan fingerprint density at radius 2 is 1.85 bits per heavy atom. The fraction of sp³-hybridized carbons (Fsp3) is 0.238. The van der Waals surface area contributed by atoms with Crippen molar-refractivity contribution in [3.63, 3.8) is 0 Å². The Kier molecular flexibility index (Phi) is 3.94. The minimum absolute atomic E-state index is 0.0777. The summed E-state index contributed by atoms with van der Waals surface area (Å²) in [6.45, 7) is 4.53. The Labute approximate surface area is 153 Å². The van der Waals surface area contributed by atoms with Gasteiger partial charge in [-0.15, -0.1) is 0 Å². The molecule has 3 aromatic rings. The van der Waals surface area contributed by atoms with Gasteiger partial charge < -0.3 is 0 Å². The van der Waals surface area contributed by atoms with Crippen LogP contribution in [0.3, 0.4) is 0 Å². The summed E-state index contributed by atoms with van der Waals surface area (Å²) < 4.78 is 40.6. The second kappa shape index (κ2) is 6.08. The fourth-order valence-electron chi connectivity index (χ4n) is 3.39. The molecule has 1 aliphatic heterocycles. The van der Waals surface area contributed by atoms with Gasteiger partial charge in [-0.05, 0) is 66.8 Å². The molecule has 0 aliphatic carbocycles. The summed E-state index contributed by atoms with van der Waals surface area (Å²) in [6, 6.07) is 9.15. The average Bonchev–Trinajstić information content (AvgIpc) is 3.00. The molecule has 0 atom stereocenters. The van der Waals surface area contributed by atoms with Crippen molar-refractivity contribution in [1.82, 2.24) is 9.55 Å². The second-order valence-corrected chi connectivity index (χ2v) is 6.89. The predicted octanol–water partition coefficient (Wildman–Crippen LogP) is 4.98. The first kappa shape index (κ1) is 17.5. The van der Waals surface area contributed by atoms with E-state index < -0.39 is 11.7 Å². The van der Waals surface area contributed by atoms with E-state index in [2.05, 4.69) is 4.98 Å². The molecule has 4 rings (SSSR count). The molecule has 0 spiro atoms. The van der Waals surface area contributed by atoms with E-state index in [1.807, 2.05) is 38.1 Å². The molecule has 2 heterocycles. The van der Waals surface area contributed by atoms with E-state index in [-0.39, 0.29) is 16.5 Å². The highest BCUT2D eigenvalue weighted by Crippen LogP contribution is 2.32. The summed E-state index contributed by atoms with van der Waals surface area (Å²) in [7, 11) is 0. The molecule has 0 bridgehead atoms. The number of hydrogen-bond donors (Lipinski definition) is 0. The maximum atomic E-state index is 13.0. The highest BCUT2D eigenvalue weighted by Gasteiger charge is 2.31. The van der Waals surface area contributed by atoms with Crippen molar-refractivity contribution in [1.29, 1.82) is 0 Å². The van der Waals surface area contributed by atoms with Crippen LogP contribution in [0, 0.1) is 13.8 Å². The Balaban J connectivity index is 1.87. The van der Waals surface area contributed by atoms with Crippen molar-refractivity contribution in [3.8, 4) is 0 Å². The van der Waals surface area contributed by atoms with Crippen LogP contribution >= 0.6 is 0 Å². The molecule has 1 aromatic heterocycles. The number of fused-ring (bicyclic) bond motifs is 2. The molecule has 27 heavy (non-hydrogen) atoms.